The second-order valence-electron chi connectivity index (χ2n) is 4.17. The van der Waals surface area contributed by atoms with Crippen molar-refractivity contribution in [1.29, 1.82) is 0 Å². The van der Waals surface area contributed by atoms with Crippen molar-refractivity contribution in [2.75, 3.05) is 10.5 Å². The van der Waals surface area contributed by atoms with Crippen LogP contribution in [0.4, 0.5) is 11.4 Å². The molecule has 0 fully saturated rings. The number of rotatable bonds is 4. The highest BCUT2D eigenvalue weighted by Gasteiger charge is 2.18. The normalized spacial score (nSPS) is 11.1. The molecule has 110 valence electrons. The van der Waals surface area contributed by atoms with Crippen LogP contribution in [0.25, 0.3) is 0 Å². The molecule has 0 radical (unpaired) electrons. The van der Waals surface area contributed by atoms with E-state index >= 15 is 0 Å². The lowest BCUT2D eigenvalue weighted by atomic mass is 10.1. The van der Waals surface area contributed by atoms with E-state index in [1.807, 2.05) is 0 Å². The Bertz CT molecular complexity index is 788. The van der Waals surface area contributed by atoms with E-state index in [4.69, 9.17) is 22.4 Å². The van der Waals surface area contributed by atoms with E-state index in [0.29, 0.717) is 5.02 Å². The van der Waals surface area contributed by atoms with Crippen molar-refractivity contribution in [2.24, 2.45) is 0 Å². The van der Waals surface area contributed by atoms with Gasteiger partial charge < -0.3 is 10.8 Å². The van der Waals surface area contributed by atoms with Crippen molar-refractivity contribution in [2.45, 2.75) is 4.90 Å². The smallest absolute Gasteiger partial charge is 0.337 e. The number of halogens is 1. The number of carbonyl (C=O) groups is 1. The molecule has 2 aromatic carbocycles. The van der Waals surface area contributed by atoms with Gasteiger partial charge in [-0.15, -0.1) is 0 Å². The van der Waals surface area contributed by atoms with Crippen molar-refractivity contribution < 1.29 is 18.3 Å². The molecule has 0 aliphatic carbocycles. The Morgan fingerprint density at radius 3 is 2.33 bits per heavy atom. The van der Waals surface area contributed by atoms with Gasteiger partial charge in [0.15, 0.2) is 0 Å². The number of nitrogens with one attached hydrogen (secondary N) is 1. The second-order valence-corrected chi connectivity index (χ2v) is 6.29. The molecule has 4 N–H and O–H groups in total. The van der Waals surface area contributed by atoms with Crippen molar-refractivity contribution in [3.8, 4) is 0 Å². The molecule has 0 unspecified atom stereocenters. The lowest BCUT2D eigenvalue weighted by Gasteiger charge is -2.11. The fraction of sp³-hybridized carbons (Fsp3) is 0. The number of anilines is 2. The molecule has 0 bridgehead atoms. The Morgan fingerprint density at radius 1 is 1.14 bits per heavy atom. The molecule has 6 nitrogen and oxygen atoms in total. The summed E-state index contributed by atoms with van der Waals surface area (Å²) in [7, 11) is -3.91. The van der Waals surface area contributed by atoms with Crippen LogP contribution >= 0.6 is 11.6 Å². The number of nitrogen functional groups attached to an aromatic ring is 1. The molecule has 8 heteroatoms. The van der Waals surface area contributed by atoms with Gasteiger partial charge in [0.2, 0.25) is 0 Å². The van der Waals surface area contributed by atoms with Crippen molar-refractivity contribution in [1.82, 2.24) is 0 Å². The van der Waals surface area contributed by atoms with Gasteiger partial charge in [-0.25, -0.2) is 13.2 Å². The second kappa shape index (κ2) is 5.63. The summed E-state index contributed by atoms with van der Waals surface area (Å²) >= 11 is 5.70. The summed E-state index contributed by atoms with van der Waals surface area (Å²) in [4.78, 5) is 11.1. The summed E-state index contributed by atoms with van der Waals surface area (Å²) in [6.45, 7) is 0. The van der Waals surface area contributed by atoms with Gasteiger partial charge in [-0.1, -0.05) is 11.6 Å². The Hall–Kier alpha value is -2.25. The fourth-order valence-electron chi connectivity index (χ4n) is 1.65. The van der Waals surface area contributed by atoms with Gasteiger partial charge in [-0.05, 0) is 42.5 Å². The quantitative estimate of drug-likeness (QED) is 0.747. The van der Waals surface area contributed by atoms with Crippen LogP contribution < -0.4 is 10.5 Å². The van der Waals surface area contributed by atoms with Crippen LogP contribution in [0.15, 0.2) is 47.4 Å². The Morgan fingerprint density at radius 2 is 1.76 bits per heavy atom. The van der Waals surface area contributed by atoms with Crippen LogP contribution in [0.2, 0.25) is 5.02 Å². The van der Waals surface area contributed by atoms with Gasteiger partial charge in [0.1, 0.15) is 0 Å². The third kappa shape index (κ3) is 3.45. The number of carboxylic acids is 1. The predicted molar refractivity (Wildman–Crippen MR) is 80.1 cm³/mol. The molecule has 2 rings (SSSR count). The van der Waals surface area contributed by atoms with E-state index in [0.717, 1.165) is 0 Å². The largest absolute Gasteiger partial charge is 0.478 e. The number of aromatic carboxylic acids is 1. The summed E-state index contributed by atoms with van der Waals surface area (Å²) in [6.07, 6.45) is 0. The van der Waals surface area contributed by atoms with Crippen LogP contribution in [0, 0.1) is 0 Å². The molecule has 0 aromatic heterocycles. The molecule has 21 heavy (non-hydrogen) atoms. The highest BCUT2D eigenvalue weighted by molar-refractivity contribution is 7.92. The number of hydrogen-bond acceptors (Lipinski definition) is 4. The van der Waals surface area contributed by atoms with Crippen LogP contribution in [0.5, 0.6) is 0 Å². The molecule has 0 saturated heterocycles. The minimum absolute atomic E-state index is 0.0277. The van der Waals surface area contributed by atoms with Crippen LogP contribution in [-0.2, 0) is 10.0 Å². The van der Waals surface area contributed by atoms with Gasteiger partial charge >= 0.3 is 5.97 Å². The highest BCUT2D eigenvalue weighted by atomic mass is 35.5. The highest BCUT2D eigenvalue weighted by Crippen LogP contribution is 2.23. The first-order chi connectivity index (χ1) is 9.79. The number of nitrogens with two attached hydrogens (primary N) is 1. The van der Waals surface area contributed by atoms with E-state index in [1.165, 1.54) is 42.5 Å². The first-order valence-corrected chi connectivity index (χ1v) is 7.57. The Balaban J connectivity index is 2.41. The maximum absolute atomic E-state index is 12.2. The molecular formula is C13H11ClN2O4S. The van der Waals surface area contributed by atoms with E-state index in [-0.39, 0.29) is 21.8 Å². The minimum Gasteiger partial charge on any atom is -0.478 e. The molecule has 0 spiro atoms. The van der Waals surface area contributed by atoms with E-state index in [2.05, 4.69) is 4.72 Å². The topological polar surface area (TPSA) is 109 Å². The third-order valence-electron chi connectivity index (χ3n) is 2.64. The molecule has 0 saturated carbocycles. The van der Waals surface area contributed by atoms with Gasteiger partial charge in [0.05, 0.1) is 16.1 Å². The number of hydrogen-bond donors (Lipinski definition) is 3. The minimum atomic E-state index is -3.91. The maximum Gasteiger partial charge on any atom is 0.337 e. The molecule has 0 amide bonds. The Labute approximate surface area is 126 Å². The standard InChI is InChI=1S/C13H11ClN2O4S/c14-8-1-4-10(5-2-8)21(19,20)16-12-6-3-9(15)7-11(12)13(17)18/h1-7,16H,15H2,(H,17,18). The molecular weight excluding hydrogens is 316 g/mol. The van der Waals surface area contributed by atoms with Gasteiger partial charge in [-0.2, -0.15) is 0 Å². The zero-order valence-electron chi connectivity index (χ0n) is 10.6. The lowest BCUT2D eigenvalue weighted by Crippen LogP contribution is -2.15. The predicted octanol–water partition coefficient (Wildman–Crippen LogP) is 2.42. The summed E-state index contributed by atoms with van der Waals surface area (Å²) in [6, 6.07) is 9.39. The van der Waals surface area contributed by atoms with Gasteiger partial charge in [0.25, 0.3) is 10.0 Å². The SMILES string of the molecule is Nc1ccc(NS(=O)(=O)c2ccc(Cl)cc2)c(C(=O)O)c1. The van der Waals surface area contributed by atoms with Crippen LogP contribution in [0.1, 0.15) is 10.4 Å². The van der Waals surface area contributed by atoms with Crippen molar-refractivity contribution in [3.05, 3.63) is 53.1 Å². The van der Waals surface area contributed by atoms with Crippen LogP contribution in [-0.4, -0.2) is 19.5 Å². The first kappa shape index (κ1) is 15.1. The summed E-state index contributed by atoms with van der Waals surface area (Å²) in [5.74, 6) is -1.28. The average Bonchev–Trinajstić information content (AvgIpc) is 2.41. The number of benzene rings is 2. The summed E-state index contributed by atoms with van der Waals surface area (Å²) < 4.78 is 26.6. The summed E-state index contributed by atoms with van der Waals surface area (Å²) in [5.41, 5.74) is 5.43. The molecule has 2 aromatic rings. The third-order valence-corrected chi connectivity index (χ3v) is 4.28. The van der Waals surface area contributed by atoms with Gasteiger partial charge in [-0.3, -0.25) is 4.72 Å². The van der Waals surface area contributed by atoms with E-state index < -0.39 is 16.0 Å². The Kier molecular flexibility index (Phi) is 4.06. The fourth-order valence-corrected chi connectivity index (χ4v) is 2.85. The first-order valence-electron chi connectivity index (χ1n) is 5.71. The molecule has 0 aliphatic heterocycles. The summed E-state index contributed by atoms with van der Waals surface area (Å²) in [5, 5.41) is 9.48. The average molecular weight is 327 g/mol. The zero-order valence-corrected chi connectivity index (χ0v) is 12.1. The van der Waals surface area contributed by atoms with Crippen LogP contribution in [0.3, 0.4) is 0 Å². The zero-order chi connectivity index (χ0) is 15.6. The number of sulfonamides is 1. The monoisotopic (exact) mass is 326 g/mol. The van der Waals surface area contributed by atoms with E-state index in [1.54, 1.807) is 0 Å². The van der Waals surface area contributed by atoms with E-state index in [9.17, 15) is 13.2 Å². The maximum atomic E-state index is 12.2. The van der Waals surface area contributed by atoms with Crippen molar-refractivity contribution in [3.63, 3.8) is 0 Å². The molecule has 0 heterocycles. The number of carboxylic acid groups (broad SMARTS) is 1. The lowest BCUT2D eigenvalue weighted by molar-refractivity contribution is 0.0698. The molecule has 0 atom stereocenters. The molecule has 0 aliphatic rings. The van der Waals surface area contributed by atoms with Gasteiger partial charge in [0, 0.05) is 10.7 Å². The van der Waals surface area contributed by atoms with Crippen molar-refractivity contribution >= 4 is 39.0 Å².